The summed E-state index contributed by atoms with van der Waals surface area (Å²) in [5.74, 6) is -3.39. The zero-order valence-corrected chi connectivity index (χ0v) is 15.3. The molecule has 0 radical (unpaired) electrons. The molecule has 156 valence electrons. The van der Waals surface area contributed by atoms with Gasteiger partial charge >= 0.3 is 6.18 Å². The molecule has 1 N–H and O–H groups in total. The standard InChI is InChI=1S/C19H19F5N4O/c20-18(21)6-3-11(4-7-18)17(29)26-14-1-2-15-13(14)10-28(27-15)12-5-8-25-16(9-12)19(22,23)24/h5,8-11,14H,1-4,6-7H2,(H,26,29). The predicted octanol–water partition coefficient (Wildman–Crippen LogP) is 4.22. The number of carbonyl (C=O) groups is 1. The van der Waals surface area contributed by atoms with Crippen LogP contribution in [-0.4, -0.2) is 26.6 Å². The molecule has 1 amide bonds. The van der Waals surface area contributed by atoms with E-state index in [1.54, 1.807) is 6.20 Å². The quantitative estimate of drug-likeness (QED) is 0.766. The fraction of sp³-hybridized carbons (Fsp3) is 0.526. The van der Waals surface area contributed by atoms with E-state index in [0.29, 0.717) is 18.5 Å². The highest BCUT2D eigenvalue weighted by Crippen LogP contribution is 2.37. The van der Waals surface area contributed by atoms with Crippen molar-refractivity contribution in [1.29, 1.82) is 0 Å². The van der Waals surface area contributed by atoms with Gasteiger partial charge in [-0.25, -0.2) is 13.5 Å². The lowest BCUT2D eigenvalue weighted by atomic mass is 9.86. The highest BCUT2D eigenvalue weighted by molar-refractivity contribution is 5.79. The molecule has 0 bridgehead atoms. The number of nitrogens with one attached hydrogen (secondary N) is 1. The molecule has 1 atom stereocenters. The van der Waals surface area contributed by atoms with Crippen molar-refractivity contribution in [3.05, 3.63) is 41.5 Å². The number of aromatic nitrogens is 3. The minimum Gasteiger partial charge on any atom is -0.349 e. The number of halogens is 5. The molecule has 2 aromatic rings. The second-order valence-electron chi connectivity index (χ2n) is 7.60. The van der Waals surface area contributed by atoms with Gasteiger partial charge < -0.3 is 5.32 Å². The van der Waals surface area contributed by atoms with Crippen LogP contribution in [0.25, 0.3) is 5.69 Å². The van der Waals surface area contributed by atoms with Crippen molar-refractivity contribution < 1.29 is 26.7 Å². The summed E-state index contributed by atoms with van der Waals surface area (Å²) >= 11 is 0. The Balaban J connectivity index is 1.48. The molecule has 0 spiro atoms. The first-order chi connectivity index (χ1) is 13.6. The van der Waals surface area contributed by atoms with Crippen LogP contribution in [0.2, 0.25) is 0 Å². The predicted molar refractivity (Wildman–Crippen MR) is 92.5 cm³/mol. The van der Waals surface area contributed by atoms with Gasteiger partial charge in [0.25, 0.3) is 0 Å². The van der Waals surface area contributed by atoms with E-state index in [0.717, 1.165) is 17.8 Å². The molecule has 0 aromatic carbocycles. The lowest BCUT2D eigenvalue weighted by Crippen LogP contribution is -2.37. The Morgan fingerprint density at radius 1 is 1.21 bits per heavy atom. The minimum atomic E-state index is -4.56. The van der Waals surface area contributed by atoms with E-state index in [9.17, 15) is 26.7 Å². The summed E-state index contributed by atoms with van der Waals surface area (Å²) < 4.78 is 66.6. The van der Waals surface area contributed by atoms with E-state index in [4.69, 9.17) is 0 Å². The number of carbonyl (C=O) groups excluding carboxylic acids is 1. The SMILES string of the molecule is O=C(NC1CCc2nn(-c3ccnc(C(F)(F)F)c3)cc21)C1CCC(F)(F)CC1. The summed E-state index contributed by atoms with van der Waals surface area (Å²) in [6.45, 7) is 0. The molecular formula is C19H19F5N4O. The van der Waals surface area contributed by atoms with Crippen LogP contribution in [0.15, 0.2) is 24.5 Å². The van der Waals surface area contributed by atoms with Crippen LogP contribution < -0.4 is 5.32 Å². The third-order valence-corrected chi connectivity index (χ3v) is 5.57. The van der Waals surface area contributed by atoms with Crippen LogP contribution in [0.1, 0.15) is 55.1 Å². The van der Waals surface area contributed by atoms with Crippen LogP contribution in [0.5, 0.6) is 0 Å². The average molecular weight is 414 g/mol. The van der Waals surface area contributed by atoms with Crippen molar-refractivity contribution in [2.75, 3.05) is 0 Å². The molecule has 1 fully saturated rings. The highest BCUT2D eigenvalue weighted by Gasteiger charge is 2.38. The van der Waals surface area contributed by atoms with E-state index in [1.807, 2.05) is 0 Å². The number of aryl methyl sites for hydroxylation is 1. The van der Waals surface area contributed by atoms with Crippen molar-refractivity contribution >= 4 is 5.91 Å². The molecule has 2 aromatic heterocycles. The molecule has 2 heterocycles. The molecule has 0 saturated heterocycles. The Bertz CT molecular complexity index is 914. The van der Waals surface area contributed by atoms with Crippen LogP contribution >= 0.6 is 0 Å². The highest BCUT2D eigenvalue weighted by atomic mass is 19.4. The maximum absolute atomic E-state index is 13.3. The first kappa shape index (κ1) is 19.8. The molecule has 2 aliphatic rings. The zero-order valence-electron chi connectivity index (χ0n) is 15.3. The van der Waals surface area contributed by atoms with Crippen molar-refractivity contribution in [3.8, 4) is 5.69 Å². The lowest BCUT2D eigenvalue weighted by Gasteiger charge is -2.28. The monoisotopic (exact) mass is 414 g/mol. The Kier molecular flexibility index (Phi) is 4.82. The number of alkyl halides is 5. The van der Waals surface area contributed by atoms with E-state index in [1.165, 1.54) is 10.7 Å². The molecule has 29 heavy (non-hydrogen) atoms. The summed E-state index contributed by atoms with van der Waals surface area (Å²) in [6, 6.07) is 2.02. The van der Waals surface area contributed by atoms with Gasteiger partial charge in [0.2, 0.25) is 11.8 Å². The molecule has 0 aliphatic heterocycles. The van der Waals surface area contributed by atoms with Gasteiger partial charge in [-0.1, -0.05) is 0 Å². The molecule has 2 aliphatic carbocycles. The normalized spacial score (nSPS) is 21.8. The van der Waals surface area contributed by atoms with Gasteiger partial charge in [0.05, 0.1) is 17.4 Å². The van der Waals surface area contributed by atoms with E-state index in [-0.39, 0.29) is 43.3 Å². The maximum Gasteiger partial charge on any atom is 0.433 e. The fourth-order valence-corrected chi connectivity index (χ4v) is 3.94. The van der Waals surface area contributed by atoms with Crippen LogP contribution in [0, 0.1) is 5.92 Å². The Morgan fingerprint density at radius 2 is 1.93 bits per heavy atom. The maximum atomic E-state index is 13.3. The fourth-order valence-electron chi connectivity index (χ4n) is 3.94. The summed E-state index contributed by atoms with van der Waals surface area (Å²) in [5.41, 5.74) is 0.659. The first-order valence-corrected chi connectivity index (χ1v) is 9.43. The second kappa shape index (κ2) is 7.07. The average Bonchev–Trinajstić information content (AvgIpc) is 3.23. The van der Waals surface area contributed by atoms with E-state index < -0.39 is 23.7 Å². The van der Waals surface area contributed by atoms with Gasteiger partial charge in [-0.05, 0) is 37.8 Å². The smallest absolute Gasteiger partial charge is 0.349 e. The number of pyridine rings is 1. The molecule has 4 rings (SSSR count). The summed E-state index contributed by atoms with van der Waals surface area (Å²) in [5, 5.41) is 7.25. The van der Waals surface area contributed by atoms with E-state index in [2.05, 4.69) is 15.4 Å². The van der Waals surface area contributed by atoms with Crippen LogP contribution in [0.4, 0.5) is 22.0 Å². The van der Waals surface area contributed by atoms with Gasteiger partial charge in [-0.2, -0.15) is 18.3 Å². The number of rotatable bonds is 3. The molecule has 5 nitrogen and oxygen atoms in total. The Hall–Kier alpha value is -2.52. The molecule has 10 heteroatoms. The topological polar surface area (TPSA) is 59.8 Å². The Labute approximate surface area is 163 Å². The Morgan fingerprint density at radius 3 is 2.62 bits per heavy atom. The van der Waals surface area contributed by atoms with Crippen LogP contribution in [-0.2, 0) is 17.4 Å². The third kappa shape index (κ3) is 4.11. The van der Waals surface area contributed by atoms with Crippen molar-refractivity contribution in [2.45, 2.75) is 56.7 Å². The van der Waals surface area contributed by atoms with Gasteiger partial charge in [0.15, 0.2) is 0 Å². The van der Waals surface area contributed by atoms with E-state index >= 15 is 0 Å². The van der Waals surface area contributed by atoms with Gasteiger partial charge in [-0.15, -0.1) is 0 Å². The molecular weight excluding hydrogens is 395 g/mol. The number of hydrogen-bond donors (Lipinski definition) is 1. The van der Waals surface area contributed by atoms with Crippen LogP contribution in [0.3, 0.4) is 0 Å². The first-order valence-electron chi connectivity index (χ1n) is 9.43. The van der Waals surface area contributed by atoms with Crippen molar-refractivity contribution in [3.63, 3.8) is 0 Å². The molecule has 1 unspecified atom stereocenters. The summed E-state index contributed by atoms with van der Waals surface area (Å²) in [6.07, 6.45) is -0.959. The number of hydrogen-bond acceptors (Lipinski definition) is 3. The number of nitrogens with zero attached hydrogens (tertiary/aromatic N) is 3. The number of amides is 1. The largest absolute Gasteiger partial charge is 0.433 e. The third-order valence-electron chi connectivity index (χ3n) is 5.57. The van der Waals surface area contributed by atoms with Crippen molar-refractivity contribution in [2.24, 2.45) is 5.92 Å². The van der Waals surface area contributed by atoms with Gasteiger partial charge in [-0.3, -0.25) is 9.78 Å². The van der Waals surface area contributed by atoms with Gasteiger partial charge in [0.1, 0.15) is 5.69 Å². The summed E-state index contributed by atoms with van der Waals surface area (Å²) in [4.78, 5) is 15.8. The number of fused-ring (bicyclic) bond motifs is 1. The molecule has 1 saturated carbocycles. The van der Waals surface area contributed by atoms with Crippen molar-refractivity contribution in [1.82, 2.24) is 20.1 Å². The minimum absolute atomic E-state index is 0.148. The lowest BCUT2D eigenvalue weighted by molar-refractivity contribution is -0.141. The zero-order chi connectivity index (χ0) is 20.8. The van der Waals surface area contributed by atoms with Gasteiger partial charge in [0, 0.05) is 36.7 Å². The summed E-state index contributed by atoms with van der Waals surface area (Å²) in [7, 11) is 0. The second-order valence-corrected chi connectivity index (χ2v) is 7.60.